The number of allylic oxidation sites excluding steroid dienone is 5. The van der Waals surface area contributed by atoms with Crippen molar-refractivity contribution in [2.75, 3.05) is 16.3 Å². The topological polar surface area (TPSA) is 84.2 Å². The zero-order valence-electron chi connectivity index (χ0n) is 23.2. The minimum absolute atomic E-state index is 0.00937. The van der Waals surface area contributed by atoms with Crippen molar-refractivity contribution in [1.29, 1.82) is 0 Å². The van der Waals surface area contributed by atoms with E-state index in [-0.39, 0.29) is 40.7 Å². The summed E-state index contributed by atoms with van der Waals surface area (Å²) in [7, 11) is 0. The molecule has 0 fully saturated rings. The maximum Gasteiger partial charge on any atom is 0.260 e. The van der Waals surface area contributed by atoms with Crippen LogP contribution in [0.2, 0.25) is 0 Å². The number of rotatable bonds is 9. The van der Waals surface area contributed by atoms with Crippen molar-refractivity contribution in [3.05, 3.63) is 70.8 Å². The predicted octanol–water partition coefficient (Wildman–Crippen LogP) is 8.03. The Morgan fingerprint density at radius 1 is 0.895 bits per heavy atom. The standard InChI is InChI=1S/C31H39FN2O4/c1-20(2)10-7-11-21(3)12-8-13-22(4)16-17-33-25-18-23(35)19-27(37)29(25)34(31(5,6)32)28-24(30(33)38)14-9-15-26(28)36/h9-10,12,14-16,18-19,35-37H,7-8,11,13,17H2,1-6H3/b21-12+,22-16+. The third kappa shape index (κ3) is 6.57. The molecule has 0 aromatic heterocycles. The lowest BCUT2D eigenvalue weighted by Crippen LogP contribution is -2.36. The number of phenolic OH excluding ortho intramolecular Hbond substituents is 3. The van der Waals surface area contributed by atoms with Crippen molar-refractivity contribution < 1.29 is 24.5 Å². The quantitative estimate of drug-likeness (QED) is 0.229. The maximum atomic E-state index is 15.7. The zero-order chi connectivity index (χ0) is 28.2. The Morgan fingerprint density at radius 2 is 1.53 bits per heavy atom. The number of nitrogens with zero attached hydrogens (tertiary/aromatic N) is 2. The van der Waals surface area contributed by atoms with Gasteiger partial charge in [0.05, 0.1) is 16.9 Å². The van der Waals surface area contributed by atoms with E-state index < -0.39 is 17.4 Å². The molecule has 3 N–H and O–H groups in total. The Bertz CT molecular complexity index is 1280. The van der Waals surface area contributed by atoms with E-state index in [0.29, 0.717) is 0 Å². The van der Waals surface area contributed by atoms with Crippen LogP contribution in [0.4, 0.5) is 21.5 Å². The third-order valence-corrected chi connectivity index (χ3v) is 6.56. The molecule has 2 aromatic carbocycles. The molecule has 0 spiro atoms. The second-order valence-corrected chi connectivity index (χ2v) is 10.6. The van der Waals surface area contributed by atoms with Gasteiger partial charge >= 0.3 is 0 Å². The average molecular weight is 523 g/mol. The zero-order valence-corrected chi connectivity index (χ0v) is 23.2. The summed E-state index contributed by atoms with van der Waals surface area (Å²) in [5.41, 5.74) is 3.91. The Morgan fingerprint density at radius 3 is 2.16 bits per heavy atom. The molecule has 2 aromatic rings. The maximum absolute atomic E-state index is 15.7. The van der Waals surface area contributed by atoms with E-state index in [1.54, 1.807) is 0 Å². The first-order valence-corrected chi connectivity index (χ1v) is 12.9. The normalized spacial score (nSPS) is 14.2. The molecule has 0 aliphatic carbocycles. The minimum Gasteiger partial charge on any atom is -0.508 e. The number of hydrogen-bond acceptors (Lipinski definition) is 5. The molecule has 1 amide bonds. The van der Waals surface area contributed by atoms with Crippen LogP contribution in [0.3, 0.4) is 0 Å². The largest absolute Gasteiger partial charge is 0.508 e. The highest BCUT2D eigenvalue weighted by atomic mass is 19.1. The van der Waals surface area contributed by atoms with Crippen molar-refractivity contribution in [1.82, 2.24) is 0 Å². The summed E-state index contributed by atoms with van der Waals surface area (Å²) >= 11 is 0. The van der Waals surface area contributed by atoms with Crippen LogP contribution in [0.25, 0.3) is 0 Å². The summed E-state index contributed by atoms with van der Waals surface area (Å²) < 4.78 is 15.7. The number of aromatic hydroxyl groups is 3. The highest BCUT2D eigenvalue weighted by Gasteiger charge is 2.41. The molecule has 0 saturated heterocycles. The number of hydrogen-bond donors (Lipinski definition) is 3. The van der Waals surface area contributed by atoms with Gasteiger partial charge in [-0.05, 0) is 79.4 Å². The van der Waals surface area contributed by atoms with Gasteiger partial charge in [-0.15, -0.1) is 0 Å². The molecule has 1 aliphatic heterocycles. The summed E-state index contributed by atoms with van der Waals surface area (Å²) in [4.78, 5) is 16.3. The number of carbonyl (C=O) groups excluding carboxylic acids is 1. The lowest BCUT2D eigenvalue weighted by Gasteiger charge is -2.35. The summed E-state index contributed by atoms with van der Waals surface area (Å²) in [6.07, 6.45) is 10.1. The smallest absolute Gasteiger partial charge is 0.260 e. The molecule has 6 nitrogen and oxygen atoms in total. The van der Waals surface area contributed by atoms with E-state index in [4.69, 9.17) is 0 Å². The van der Waals surface area contributed by atoms with Crippen LogP contribution in [0.15, 0.2) is 65.3 Å². The van der Waals surface area contributed by atoms with Gasteiger partial charge in [0.1, 0.15) is 22.9 Å². The van der Waals surface area contributed by atoms with Crippen LogP contribution in [0, 0.1) is 0 Å². The Hall–Kier alpha value is -3.74. The molecule has 0 atom stereocenters. The fourth-order valence-corrected chi connectivity index (χ4v) is 4.63. The number of anilines is 3. The van der Waals surface area contributed by atoms with E-state index in [1.807, 2.05) is 13.0 Å². The van der Waals surface area contributed by atoms with Gasteiger partial charge in [0.2, 0.25) is 0 Å². The molecule has 7 heteroatoms. The molecule has 3 rings (SSSR count). The molecule has 0 bridgehead atoms. The molecule has 1 aliphatic rings. The Labute approximate surface area is 225 Å². The van der Waals surface area contributed by atoms with Gasteiger partial charge in [-0.1, -0.05) is 41.0 Å². The van der Waals surface area contributed by atoms with E-state index in [1.165, 1.54) is 54.2 Å². The van der Waals surface area contributed by atoms with Crippen LogP contribution in [0.1, 0.15) is 77.6 Å². The lowest BCUT2D eigenvalue weighted by atomic mass is 10.1. The number of benzene rings is 2. The lowest BCUT2D eigenvalue weighted by molar-refractivity contribution is 0.0990. The summed E-state index contributed by atoms with van der Waals surface area (Å²) in [5.74, 6) is -3.54. The van der Waals surface area contributed by atoms with Crippen molar-refractivity contribution in [2.24, 2.45) is 0 Å². The molecular weight excluding hydrogens is 483 g/mol. The fraction of sp³-hybridized carbons (Fsp3) is 0.387. The number of amides is 1. The Kier molecular flexibility index (Phi) is 8.92. The van der Waals surface area contributed by atoms with Crippen LogP contribution in [-0.4, -0.2) is 33.6 Å². The average Bonchev–Trinajstić information content (AvgIpc) is 2.91. The van der Waals surface area contributed by atoms with Gasteiger partial charge in [-0.3, -0.25) is 9.69 Å². The monoisotopic (exact) mass is 522 g/mol. The van der Waals surface area contributed by atoms with Crippen molar-refractivity contribution in [3.8, 4) is 17.2 Å². The highest BCUT2D eigenvalue weighted by Crippen LogP contribution is 2.53. The molecular formula is C31H39FN2O4. The first-order valence-electron chi connectivity index (χ1n) is 12.9. The van der Waals surface area contributed by atoms with Crippen molar-refractivity contribution in [3.63, 3.8) is 0 Å². The number of para-hydroxylation sites is 1. The third-order valence-electron chi connectivity index (χ3n) is 6.56. The van der Waals surface area contributed by atoms with Crippen LogP contribution >= 0.6 is 0 Å². The van der Waals surface area contributed by atoms with Crippen LogP contribution in [0.5, 0.6) is 17.2 Å². The Balaban J connectivity index is 1.96. The van der Waals surface area contributed by atoms with Crippen LogP contribution in [-0.2, 0) is 0 Å². The highest BCUT2D eigenvalue weighted by molar-refractivity contribution is 6.15. The minimum atomic E-state index is -2.10. The summed E-state index contributed by atoms with van der Waals surface area (Å²) in [5, 5.41) is 31.8. The number of halogens is 1. The second-order valence-electron chi connectivity index (χ2n) is 10.6. The van der Waals surface area contributed by atoms with E-state index in [9.17, 15) is 20.1 Å². The van der Waals surface area contributed by atoms with Crippen molar-refractivity contribution in [2.45, 2.75) is 73.0 Å². The van der Waals surface area contributed by atoms with E-state index in [2.05, 4.69) is 32.9 Å². The molecule has 38 heavy (non-hydrogen) atoms. The molecule has 0 unspecified atom stereocenters. The van der Waals surface area contributed by atoms with Gasteiger partial charge in [0, 0.05) is 18.7 Å². The van der Waals surface area contributed by atoms with E-state index in [0.717, 1.165) is 42.2 Å². The first-order chi connectivity index (χ1) is 17.8. The van der Waals surface area contributed by atoms with Crippen LogP contribution < -0.4 is 9.80 Å². The van der Waals surface area contributed by atoms with Crippen molar-refractivity contribution >= 4 is 23.0 Å². The number of fused-ring (bicyclic) bond motifs is 2. The molecule has 0 radical (unpaired) electrons. The van der Waals surface area contributed by atoms with Gasteiger partial charge in [0.25, 0.3) is 5.91 Å². The predicted molar refractivity (Wildman–Crippen MR) is 152 cm³/mol. The molecule has 1 heterocycles. The second kappa shape index (κ2) is 11.8. The van der Waals surface area contributed by atoms with E-state index >= 15 is 4.39 Å². The molecule has 0 saturated carbocycles. The summed E-state index contributed by atoms with van der Waals surface area (Å²) in [6.45, 7) is 11.0. The number of alkyl halides is 1. The van der Waals surface area contributed by atoms with Gasteiger partial charge in [-0.2, -0.15) is 0 Å². The van der Waals surface area contributed by atoms with Gasteiger partial charge in [0.15, 0.2) is 5.79 Å². The molecule has 204 valence electrons. The first kappa shape index (κ1) is 28.8. The van der Waals surface area contributed by atoms with Gasteiger partial charge in [-0.25, -0.2) is 4.39 Å². The summed E-state index contributed by atoms with van der Waals surface area (Å²) in [6, 6.07) is 6.84. The number of carbonyl (C=O) groups is 1. The number of phenols is 3. The van der Waals surface area contributed by atoms with Gasteiger partial charge < -0.3 is 20.2 Å². The fourth-order valence-electron chi connectivity index (χ4n) is 4.63. The SMILES string of the molecule is CC(C)=CCC/C(C)=C/CC/C(C)=C/CN1C(=O)c2cccc(O)c2N(C(C)(C)F)c2c(O)cc(O)cc21.